The van der Waals surface area contributed by atoms with Crippen LogP contribution in [0.15, 0.2) is 24.3 Å². The summed E-state index contributed by atoms with van der Waals surface area (Å²) in [5.74, 6) is 0.123. The molecule has 26 heavy (non-hydrogen) atoms. The summed E-state index contributed by atoms with van der Waals surface area (Å²) in [6.07, 6.45) is 2.01. The lowest BCUT2D eigenvalue weighted by atomic mass is 9.81. The fourth-order valence-corrected chi connectivity index (χ4v) is 3.93. The molecule has 5 nitrogen and oxygen atoms in total. The van der Waals surface area contributed by atoms with E-state index in [-0.39, 0.29) is 23.3 Å². The zero-order valence-electron chi connectivity index (χ0n) is 15.5. The monoisotopic (exact) mass is 378 g/mol. The van der Waals surface area contributed by atoms with Crippen molar-refractivity contribution in [3.8, 4) is 0 Å². The van der Waals surface area contributed by atoms with Gasteiger partial charge in [0.2, 0.25) is 11.8 Å². The van der Waals surface area contributed by atoms with Crippen molar-refractivity contribution in [3.05, 3.63) is 34.9 Å². The minimum atomic E-state index is -0.318. The number of benzene rings is 1. The molecule has 0 bridgehead atoms. The quantitative estimate of drug-likeness (QED) is 0.809. The number of carbonyl (C=O) groups excluding carboxylic acids is 2. The predicted octanol–water partition coefficient (Wildman–Crippen LogP) is 2.86. The number of hydrogen-bond donors (Lipinski definition) is 0. The molecule has 0 saturated carbocycles. The molecular weight excluding hydrogens is 352 g/mol. The summed E-state index contributed by atoms with van der Waals surface area (Å²) >= 11 is 5.97. The van der Waals surface area contributed by atoms with Gasteiger partial charge in [0.25, 0.3) is 0 Å². The van der Waals surface area contributed by atoms with E-state index >= 15 is 0 Å². The van der Waals surface area contributed by atoms with E-state index in [2.05, 4.69) is 13.8 Å². The van der Waals surface area contributed by atoms with Crippen LogP contribution in [0.2, 0.25) is 5.02 Å². The molecule has 2 heterocycles. The molecule has 142 valence electrons. The number of amides is 2. The van der Waals surface area contributed by atoms with E-state index in [0.717, 1.165) is 18.4 Å². The van der Waals surface area contributed by atoms with Crippen LogP contribution in [-0.4, -0.2) is 60.5 Å². The SMILES string of the molecule is CC(C)(CC(=O)N1CCC[C@@H]1C(=O)N1CCOCC1)c1ccc(Cl)cc1. The van der Waals surface area contributed by atoms with Gasteiger partial charge in [-0.1, -0.05) is 37.6 Å². The third-order valence-electron chi connectivity index (χ3n) is 5.40. The molecule has 0 spiro atoms. The molecule has 1 aromatic carbocycles. The van der Waals surface area contributed by atoms with Crippen LogP contribution in [0.25, 0.3) is 0 Å². The highest BCUT2D eigenvalue weighted by atomic mass is 35.5. The fourth-order valence-electron chi connectivity index (χ4n) is 3.80. The van der Waals surface area contributed by atoms with Crippen LogP contribution < -0.4 is 0 Å². The van der Waals surface area contributed by atoms with Gasteiger partial charge in [-0.25, -0.2) is 0 Å². The minimum absolute atomic E-state index is 0.0501. The van der Waals surface area contributed by atoms with Gasteiger partial charge in [0.1, 0.15) is 6.04 Å². The number of halogens is 1. The van der Waals surface area contributed by atoms with Crippen molar-refractivity contribution in [1.82, 2.24) is 9.80 Å². The van der Waals surface area contributed by atoms with Crippen LogP contribution in [0.1, 0.15) is 38.7 Å². The van der Waals surface area contributed by atoms with Crippen molar-refractivity contribution in [1.29, 1.82) is 0 Å². The number of rotatable bonds is 4. The first kappa shape index (κ1) is 19.2. The van der Waals surface area contributed by atoms with E-state index in [0.29, 0.717) is 44.3 Å². The largest absolute Gasteiger partial charge is 0.378 e. The first-order valence-electron chi connectivity index (χ1n) is 9.30. The number of likely N-dealkylation sites (tertiary alicyclic amines) is 1. The van der Waals surface area contributed by atoms with Crippen LogP contribution in [0.5, 0.6) is 0 Å². The lowest BCUT2D eigenvalue weighted by Crippen LogP contribution is -2.51. The summed E-state index contributed by atoms with van der Waals surface area (Å²) < 4.78 is 5.33. The molecule has 0 N–H and O–H groups in total. The molecule has 3 rings (SSSR count). The van der Waals surface area contributed by atoms with E-state index in [1.807, 2.05) is 29.2 Å². The second-order valence-electron chi connectivity index (χ2n) is 7.75. The number of hydrogen-bond acceptors (Lipinski definition) is 3. The third-order valence-corrected chi connectivity index (χ3v) is 5.65. The Hall–Kier alpha value is -1.59. The van der Waals surface area contributed by atoms with Crippen LogP contribution in [0.3, 0.4) is 0 Å². The number of ether oxygens (including phenoxy) is 1. The highest BCUT2D eigenvalue weighted by Gasteiger charge is 2.38. The maximum atomic E-state index is 13.0. The van der Waals surface area contributed by atoms with Crippen molar-refractivity contribution < 1.29 is 14.3 Å². The van der Waals surface area contributed by atoms with Gasteiger partial charge in [-0.2, -0.15) is 0 Å². The fraction of sp³-hybridized carbons (Fsp3) is 0.600. The summed E-state index contributed by atoms with van der Waals surface area (Å²) in [5.41, 5.74) is 0.766. The second kappa shape index (κ2) is 7.97. The summed E-state index contributed by atoms with van der Waals surface area (Å²) in [4.78, 5) is 29.5. The van der Waals surface area contributed by atoms with E-state index in [1.54, 1.807) is 4.90 Å². The van der Waals surface area contributed by atoms with Gasteiger partial charge >= 0.3 is 0 Å². The average Bonchev–Trinajstić information content (AvgIpc) is 3.12. The van der Waals surface area contributed by atoms with Crippen molar-refractivity contribution in [2.24, 2.45) is 0 Å². The Morgan fingerprint density at radius 1 is 1.15 bits per heavy atom. The molecule has 0 radical (unpaired) electrons. The molecule has 2 fully saturated rings. The van der Waals surface area contributed by atoms with Gasteiger partial charge in [0.05, 0.1) is 13.2 Å². The Kier molecular flexibility index (Phi) is 5.88. The topological polar surface area (TPSA) is 49.9 Å². The molecule has 2 aliphatic rings. The van der Waals surface area contributed by atoms with E-state index in [4.69, 9.17) is 16.3 Å². The number of nitrogens with zero attached hydrogens (tertiary/aromatic N) is 2. The lowest BCUT2D eigenvalue weighted by molar-refractivity contribution is -0.146. The van der Waals surface area contributed by atoms with Crippen molar-refractivity contribution in [2.75, 3.05) is 32.8 Å². The van der Waals surface area contributed by atoms with Crippen LogP contribution in [0.4, 0.5) is 0 Å². The van der Waals surface area contributed by atoms with Crippen LogP contribution in [0, 0.1) is 0 Å². The van der Waals surface area contributed by atoms with Crippen molar-refractivity contribution in [3.63, 3.8) is 0 Å². The van der Waals surface area contributed by atoms with Gasteiger partial charge in [0, 0.05) is 31.1 Å². The molecule has 1 atom stereocenters. The van der Waals surface area contributed by atoms with E-state index in [1.165, 1.54) is 0 Å². The van der Waals surface area contributed by atoms with Crippen molar-refractivity contribution >= 4 is 23.4 Å². The Labute approximate surface area is 160 Å². The summed E-state index contributed by atoms with van der Waals surface area (Å²) in [5, 5.41) is 0.687. The molecule has 6 heteroatoms. The molecule has 0 aliphatic carbocycles. The smallest absolute Gasteiger partial charge is 0.245 e. The van der Waals surface area contributed by atoms with Gasteiger partial charge in [-0.15, -0.1) is 0 Å². The van der Waals surface area contributed by atoms with Crippen LogP contribution >= 0.6 is 11.6 Å². The average molecular weight is 379 g/mol. The van der Waals surface area contributed by atoms with Crippen LogP contribution in [-0.2, 0) is 19.7 Å². The Bertz CT molecular complexity index is 654. The first-order chi connectivity index (χ1) is 12.4. The van der Waals surface area contributed by atoms with E-state index in [9.17, 15) is 9.59 Å². The number of morpholine rings is 1. The first-order valence-corrected chi connectivity index (χ1v) is 9.68. The molecular formula is C20H27ClN2O3. The highest BCUT2D eigenvalue weighted by molar-refractivity contribution is 6.30. The lowest BCUT2D eigenvalue weighted by Gasteiger charge is -2.34. The summed E-state index contributed by atoms with van der Waals surface area (Å²) in [6.45, 7) is 7.18. The van der Waals surface area contributed by atoms with Gasteiger partial charge < -0.3 is 14.5 Å². The molecule has 1 aromatic rings. The third kappa shape index (κ3) is 4.21. The molecule has 2 saturated heterocycles. The molecule has 2 amide bonds. The van der Waals surface area contributed by atoms with Gasteiger partial charge in [-0.05, 0) is 36.0 Å². The zero-order chi connectivity index (χ0) is 18.7. The zero-order valence-corrected chi connectivity index (χ0v) is 16.3. The summed E-state index contributed by atoms with van der Waals surface area (Å²) in [6, 6.07) is 7.32. The summed E-state index contributed by atoms with van der Waals surface area (Å²) in [7, 11) is 0. The Morgan fingerprint density at radius 2 is 1.81 bits per heavy atom. The molecule has 2 aliphatic heterocycles. The minimum Gasteiger partial charge on any atom is -0.378 e. The van der Waals surface area contributed by atoms with E-state index < -0.39 is 0 Å². The normalized spacial score (nSPS) is 21.1. The Morgan fingerprint density at radius 3 is 2.46 bits per heavy atom. The highest BCUT2D eigenvalue weighted by Crippen LogP contribution is 2.31. The van der Waals surface area contributed by atoms with Crippen molar-refractivity contribution in [2.45, 2.75) is 44.6 Å². The second-order valence-corrected chi connectivity index (χ2v) is 8.19. The predicted molar refractivity (Wildman–Crippen MR) is 101 cm³/mol. The molecule has 0 unspecified atom stereocenters. The van der Waals surface area contributed by atoms with Gasteiger partial charge in [0.15, 0.2) is 0 Å². The Balaban J connectivity index is 1.67. The molecule has 0 aromatic heterocycles. The standard InChI is InChI=1S/C20H27ClN2O3/c1-20(2,15-5-7-16(21)8-6-15)14-18(24)23-9-3-4-17(23)19(25)22-10-12-26-13-11-22/h5-8,17H,3-4,9-14H2,1-2H3/t17-/m1/s1. The van der Waals surface area contributed by atoms with Gasteiger partial charge in [-0.3, -0.25) is 9.59 Å². The maximum Gasteiger partial charge on any atom is 0.245 e. The number of carbonyl (C=O) groups is 2. The maximum absolute atomic E-state index is 13.0.